The van der Waals surface area contributed by atoms with Crippen molar-refractivity contribution in [3.63, 3.8) is 0 Å². The van der Waals surface area contributed by atoms with Crippen LogP contribution in [0.25, 0.3) is 0 Å². The van der Waals surface area contributed by atoms with Crippen molar-refractivity contribution in [3.8, 4) is 0 Å². The van der Waals surface area contributed by atoms with Crippen molar-refractivity contribution in [3.05, 3.63) is 24.3 Å². The van der Waals surface area contributed by atoms with Crippen molar-refractivity contribution in [1.29, 1.82) is 0 Å². The van der Waals surface area contributed by atoms with Gasteiger partial charge in [0.15, 0.2) is 0 Å². The number of nitrogens with two attached hydrogens (primary N) is 1. The van der Waals surface area contributed by atoms with E-state index in [1.54, 1.807) is 24.3 Å². The molecule has 6 nitrogen and oxygen atoms in total. The van der Waals surface area contributed by atoms with Crippen LogP contribution in [0.15, 0.2) is 24.3 Å². The number of benzene rings is 1. The highest BCUT2D eigenvalue weighted by Gasteiger charge is 2.09. The van der Waals surface area contributed by atoms with E-state index >= 15 is 0 Å². The molecule has 0 aromatic heterocycles. The van der Waals surface area contributed by atoms with Crippen LogP contribution in [0, 0.1) is 0 Å². The van der Waals surface area contributed by atoms with Gasteiger partial charge in [-0.15, -0.1) is 0 Å². The summed E-state index contributed by atoms with van der Waals surface area (Å²) in [5.74, 6) is -0.118. The predicted molar refractivity (Wildman–Crippen MR) is 76.4 cm³/mol. The molecule has 1 amide bonds. The minimum atomic E-state index is -3.34. The quantitative estimate of drug-likeness (QED) is 0.653. The third-order valence-electron chi connectivity index (χ3n) is 2.35. The van der Waals surface area contributed by atoms with Gasteiger partial charge in [0.1, 0.15) is 0 Å². The number of carbonyl (C=O) groups excluding carboxylic acids is 1. The highest BCUT2D eigenvalue weighted by atomic mass is 32.2. The van der Waals surface area contributed by atoms with Gasteiger partial charge in [0.2, 0.25) is 15.9 Å². The van der Waals surface area contributed by atoms with Crippen molar-refractivity contribution < 1.29 is 13.2 Å². The highest BCUT2D eigenvalue weighted by molar-refractivity contribution is 7.92. The molecule has 4 N–H and O–H groups in total. The number of unbranched alkanes of at least 4 members (excludes halogenated alkanes) is 1. The van der Waals surface area contributed by atoms with Crippen LogP contribution in [0.3, 0.4) is 0 Å². The van der Waals surface area contributed by atoms with Gasteiger partial charge < -0.3 is 11.1 Å². The summed E-state index contributed by atoms with van der Waals surface area (Å²) in [4.78, 5) is 10.8. The van der Waals surface area contributed by atoms with E-state index in [-0.39, 0.29) is 11.7 Å². The van der Waals surface area contributed by atoms with Crippen LogP contribution in [0.2, 0.25) is 0 Å². The van der Waals surface area contributed by atoms with E-state index in [1.165, 1.54) is 6.92 Å². The fourth-order valence-electron chi connectivity index (χ4n) is 1.49. The minimum Gasteiger partial charge on any atom is -0.330 e. The first-order chi connectivity index (χ1) is 8.93. The summed E-state index contributed by atoms with van der Waals surface area (Å²) < 4.78 is 25.9. The molecular formula is C12H19N3O3S. The largest absolute Gasteiger partial charge is 0.330 e. The maximum absolute atomic E-state index is 11.7. The molecule has 0 bridgehead atoms. The summed E-state index contributed by atoms with van der Waals surface area (Å²) in [5, 5.41) is 2.61. The molecule has 0 radical (unpaired) electrons. The SMILES string of the molecule is CC(=O)Nc1ccc(NS(=O)(=O)CCCCN)cc1. The first kappa shape index (κ1) is 15.5. The predicted octanol–water partition coefficient (Wildman–Crippen LogP) is 1.13. The Hall–Kier alpha value is -1.60. The summed E-state index contributed by atoms with van der Waals surface area (Å²) in [6.07, 6.45) is 1.22. The summed E-state index contributed by atoms with van der Waals surface area (Å²) in [5.41, 5.74) is 6.41. The average molecular weight is 285 g/mol. The van der Waals surface area contributed by atoms with Crippen LogP contribution in [-0.4, -0.2) is 26.6 Å². The lowest BCUT2D eigenvalue weighted by molar-refractivity contribution is -0.114. The third kappa shape index (κ3) is 6.21. The smallest absolute Gasteiger partial charge is 0.232 e. The number of amides is 1. The van der Waals surface area contributed by atoms with Crippen molar-refractivity contribution in [2.45, 2.75) is 19.8 Å². The molecule has 0 spiro atoms. The van der Waals surface area contributed by atoms with Gasteiger partial charge in [-0.05, 0) is 43.7 Å². The number of anilines is 2. The fraction of sp³-hybridized carbons (Fsp3) is 0.417. The Kier molecular flexibility index (Phi) is 5.78. The van der Waals surface area contributed by atoms with Gasteiger partial charge in [0.05, 0.1) is 5.75 Å². The Morgan fingerprint density at radius 2 is 1.74 bits per heavy atom. The van der Waals surface area contributed by atoms with Gasteiger partial charge in [0, 0.05) is 18.3 Å². The Morgan fingerprint density at radius 3 is 2.26 bits per heavy atom. The number of carbonyl (C=O) groups is 1. The lowest BCUT2D eigenvalue weighted by atomic mass is 10.3. The maximum atomic E-state index is 11.7. The van der Waals surface area contributed by atoms with E-state index in [0.29, 0.717) is 30.8 Å². The average Bonchev–Trinajstić information content (AvgIpc) is 2.31. The monoisotopic (exact) mass is 285 g/mol. The topological polar surface area (TPSA) is 101 Å². The molecule has 0 atom stereocenters. The van der Waals surface area contributed by atoms with Crippen LogP contribution >= 0.6 is 0 Å². The van der Waals surface area contributed by atoms with Gasteiger partial charge in [-0.25, -0.2) is 8.42 Å². The first-order valence-corrected chi connectivity index (χ1v) is 7.66. The second-order valence-electron chi connectivity index (χ2n) is 4.18. The molecule has 19 heavy (non-hydrogen) atoms. The third-order valence-corrected chi connectivity index (χ3v) is 3.72. The lowest BCUT2D eigenvalue weighted by Gasteiger charge is -2.08. The normalized spacial score (nSPS) is 11.1. The molecule has 0 saturated carbocycles. The Labute approximate surface area is 113 Å². The van der Waals surface area contributed by atoms with Crippen molar-refractivity contribution in [1.82, 2.24) is 0 Å². The van der Waals surface area contributed by atoms with E-state index < -0.39 is 10.0 Å². The van der Waals surface area contributed by atoms with E-state index in [2.05, 4.69) is 10.0 Å². The molecule has 0 fully saturated rings. The van der Waals surface area contributed by atoms with Crippen LogP contribution in [0.1, 0.15) is 19.8 Å². The van der Waals surface area contributed by atoms with Crippen molar-refractivity contribution in [2.24, 2.45) is 5.73 Å². The first-order valence-electron chi connectivity index (χ1n) is 6.01. The van der Waals surface area contributed by atoms with Gasteiger partial charge in [-0.2, -0.15) is 0 Å². The number of hydrogen-bond donors (Lipinski definition) is 3. The number of sulfonamides is 1. The van der Waals surface area contributed by atoms with Crippen molar-refractivity contribution in [2.75, 3.05) is 22.3 Å². The molecule has 0 aliphatic carbocycles. The molecule has 1 rings (SSSR count). The highest BCUT2D eigenvalue weighted by Crippen LogP contribution is 2.15. The summed E-state index contributed by atoms with van der Waals surface area (Å²) in [6, 6.07) is 6.48. The van der Waals surface area contributed by atoms with E-state index in [1.807, 2.05) is 0 Å². The Morgan fingerprint density at radius 1 is 1.16 bits per heavy atom. The summed E-state index contributed by atoms with van der Waals surface area (Å²) in [6.45, 7) is 1.90. The van der Waals surface area contributed by atoms with Crippen LogP contribution in [-0.2, 0) is 14.8 Å². The fourth-order valence-corrected chi connectivity index (χ4v) is 2.67. The molecule has 0 unspecified atom stereocenters. The standard InChI is InChI=1S/C12H19N3O3S/c1-10(16)14-11-4-6-12(7-5-11)15-19(17,18)9-3-2-8-13/h4-7,15H,2-3,8-9,13H2,1H3,(H,14,16). The van der Waals surface area contributed by atoms with Gasteiger partial charge in [-0.3, -0.25) is 9.52 Å². The Balaban J connectivity index is 2.59. The van der Waals surface area contributed by atoms with Crippen LogP contribution < -0.4 is 15.8 Å². The lowest BCUT2D eigenvalue weighted by Crippen LogP contribution is -2.17. The van der Waals surface area contributed by atoms with Crippen LogP contribution in [0.4, 0.5) is 11.4 Å². The number of rotatable bonds is 7. The zero-order valence-electron chi connectivity index (χ0n) is 10.8. The molecule has 106 valence electrons. The molecule has 0 heterocycles. The molecule has 0 saturated heterocycles. The Bertz CT molecular complexity index is 512. The zero-order chi connectivity index (χ0) is 14.3. The van der Waals surface area contributed by atoms with E-state index in [0.717, 1.165) is 0 Å². The molecule has 0 aliphatic heterocycles. The van der Waals surface area contributed by atoms with Gasteiger partial charge in [0.25, 0.3) is 0 Å². The number of hydrogen-bond acceptors (Lipinski definition) is 4. The van der Waals surface area contributed by atoms with E-state index in [4.69, 9.17) is 5.73 Å². The second kappa shape index (κ2) is 7.10. The minimum absolute atomic E-state index is 0.0532. The van der Waals surface area contributed by atoms with Gasteiger partial charge in [-0.1, -0.05) is 0 Å². The van der Waals surface area contributed by atoms with E-state index in [9.17, 15) is 13.2 Å². The summed E-state index contributed by atoms with van der Waals surface area (Å²) in [7, 11) is -3.34. The molecule has 1 aromatic carbocycles. The zero-order valence-corrected chi connectivity index (χ0v) is 11.7. The van der Waals surface area contributed by atoms with Crippen LogP contribution in [0.5, 0.6) is 0 Å². The van der Waals surface area contributed by atoms with Crippen molar-refractivity contribution >= 4 is 27.3 Å². The molecule has 7 heteroatoms. The second-order valence-corrected chi connectivity index (χ2v) is 6.02. The van der Waals surface area contributed by atoms with Gasteiger partial charge >= 0.3 is 0 Å². The molecular weight excluding hydrogens is 266 g/mol. The molecule has 1 aromatic rings. The maximum Gasteiger partial charge on any atom is 0.232 e. The summed E-state index contributed by atoms with van der Waals surface area (Å²) >= 11 is 0. The number of nitrogens with one attached hydrogen (secondary N) is 2. The molecule has 0 aliphatic rings.